The molecule has 1 saturated heterocycles. The molecule has 1 amide bonds. The van der Waals surface area contributed by atoms with Gasteiger partial charge in [0.1, 0.15) is 29.1 Å². The number of aliphatic hydroxyl groups excluding tert-OH is 1. The third kappa shape index (κ3) is 5.00. The van der Waals surface area contributed by atoms with E-state index in [9.17, 15) is 27.9 Å². The van der Waals surface area contributed by atoms with E-state index in [2.05, 4.69) is 0 Å². The molecule has 1 N–H and O–H groups in total. The number of carbonyl (C=O) groups is 2. The van der Waals surface area contributed by atoms with Crippen molar-refractivity contribution in [2.45, 2.75) is 39.0 Å². The van der Waals surface area contributed by atoms with Crippen LogP contribution in [-0.2, 0) is 22.3 Å². The minimum Gasteiger partial charge on any atom is -0.507 e. The Bertz CT molecular complexity index is 1320. The van der Waals surface area contributed by atoms with Crippen LogP contribution < -0.4 is 4.74 Å². The number of aliphatic hydroxyl groups is 1. The van der Waals surface area contributed by atoms with Crippen molar-refractivity contribution < 1.29 is 37.0 Å². The average Bonchev–Trinajstić information content (AvgIpc) is 3.38. The molecule has 2 heterocycles. The predicted molar refractivity (Wildman–Crippen MR) is 125 cm³/mol. The molecule has 1 unspecified atom stereocenters. The van der Waals surface area contributed by atoms with Gasteiger partial charge in [0.05, 0.1) is 17.7 Å². The molecule has 0 spiro atoms. The van der Waals surface area contributed by atoms with Gasteiger partial charge in [0.25, 0.3) is 11.7 Å². The number of likely N-dealkylation sites (tertiary alicyclic amines) is 1. The minimum atomic E-state index is -4.56. The Morgan fingerprint density at radius 2 is 1.83 bits per heavy atom. The molecule has 0 radical (unpaired) electrons. The van der Waals surface area contributed by atoms with E-state index >= 15 is 0 Å². The highest BCUT2D eigenvalue weighted by Crippen LogP contribution is 2.41. The first-order chi connectivity index (χ1) is 17.1. The van der Waals surface area contributed by atoms with Gasteiger partial charge in [0.2, 0.25) is 0 Å². The highest BCUT2D eigenvalue weighted by molar-refractivity contribution is 6.46. The number of furan rings is 1. The first kappa shape index (κ1) is 25.1. The van der Waals surface area contributed by atoms with Crippen LogP contribution in [0.1, 0.15) is 47.6 Å². The normalized spacial score (nSPS) is 17.6. The van der Waals surface area contributed by atoms with E-state index in [-0.39, 0.29) is 29.0 Å². The van der Waals surface area contributed by atoms with E-state index < -0.39 is 35.2 Å². The van der Waals surface area contributed by atoms with Crippen LogP contribution in [-0.4, -0.2) is 28.3 Å². The lowest BCUT2D eigenvalue weighted by Gasteiger charge is -2.24. The zero-order chi connectivity index (χ0) is 26.0. The van der Waals surface area contributed by atoms with Crippen molar-refractivity contribution >= 4 is 17.4 Å². The van der Waals surface area contributed by atoms with Gasteiger partial charge in [-0.15, -0.1) is 0 Å². The third-order valence-electron chi connectivity index (χ3n) is 5.76. The van der Waals surface area contributed by atoms with E-state index in [0.29, 0.717) is 18.1 Å². The number of ketones is 1. The number of nitrogens with zero attached hydrogens (tertiary/aromatic N) is 1. The zero-order valence-corrected chi connectivity index (χ0v) is 19.6. The zero-order valence-electron chi connectivity index (χ0n) is 19.6. The smallest absolute Gasteiger partial charge is 0.416 e. The lowest BCUT2D eigenvalue weighted by atomic mass is 9.99. The van der Waals surface area contributed by atoms with Crippen molar-refractivity contribution in [3.05, 3.63) is 94.4 Å². The molecule has 188 valence electrons. The average molecular weight is 499 g/mol. The molecule has 6 nitrogen and oxygen atoms in total. The van der Waals surface area contributed by atoms with Crippen LogP contribution in [0.3, 0.4) is 0 Å². The SMILES string of the molecule is CCCOc1cccc(/C(O)=C2/C(=O)C(=O)N(Cc3cccc(C(F)(F)F)c3)C2c2ccc(C)o2)c1. The Morgan fingerprint density at radius 3 is 2.50 bits per heavy atom. The van der Waals surface area contributed by atoms with Crippen molar-refractivity contribution in [1.29, 1.82) is 0 Å². The van der Waals surface area contributed by atoms with Gasteiger partial charge in [0, 0.05) is 12.1 Å². The molecule has 2 aromatic carbocycles. The van der Waals surface area contributed by atoms with Crippen molar-refractivity contribution in [2.75, 3.05) is 6.61 Å². The van der Waals surface area contributed by atoms with Crippen LogP contribution in [0.2, 0.25) is 0 Å². The summed E-state index contributed by atoms with van der Waals surface area (Å²) in [5.74, 6) is -1.15. The maximum atomic E-state index is 13.2. The number of ether oxygens (including phenoxy) is 1. The molecule has 1 aliphatic rings. The maximum absolute atomic E-state index is 13.2. The summed E-state index contributed by atoms with van der Waals surface area (Å²) in [6.07, 6.45) is -3.79. The largest absolute Gasteiger partial charge is 0.507 e. The molecule has 0 aliphatic carbocycles. The number of rotatable bonds is 7. The Morgan fingerprint density at radius 1 is 1.08 bits per heavy atom. The number of hydrogen-bond donors (Lipinski definition) is 1. The number of carbonyl (C=O) groups excluding carboxylic acids is 2. The van der Waals surface area contributed by atoms with E-state index in [4.69, 9.17) is 9.15 Å². The molecule has 9 heteroatoms. The van der Waals surface area contributed by atoms with Crippen molar-refractivity contribution in [3.63, 3.8) is 0 Å². The Labute approximate surface area is 205 Å². The van der Waals surface area contributed by atoms with E-state index in [1.807, 2.05) is 6.92 Å². The van der Waals surface area contributed by atoms with E-state index in [1.165, 1.54) is 12.1 Å². The van der Waals surface area contributed by atoms with Crippen LogP contribution in [0.25, 0.3) is 5.76 Å². The van der Waals surface area contributed by atoms with Gasteiger partial charge in [-0.25, -0.2) is 0 Å². The van der Waals surface area contributed by atoms with Gasteiger partial charge in [-0.3, -0.25) is 9.59 Å². The van der Waals surface area contributed by atoms with Gasteiger partial charge in [-0.05, 0) is 55.3 Å². The Kier molecular flexibility index (Phi) is 6.92. The Balaban J connectivity index is 1.79. The molecule has 1 aromatic heterocycles. The van der Waals surface area contributed by atoms with Crippen LogP contribution in [0.5, 0.6) is 5.75 Å². The van der Waals surface area contributed by atoms with Crippen molar-refractivity contribution in [3.8, 4) is 5.75 Å². The summed E-state index contributed by atoms with van der Waals surface area (Å²) >= 11 is 0. The van der Waals surface area contributed by atoms with Gasteiger partial charge >= 0.3 is 6.18 Å². The minimum absolute atomic E-state index is 0.176. The summed E-state index contributed by atoms with van der Waals surface area (Å²) in [6, 6.07) is 13.1. The number of halogens is 3. The molecule has 3 aromatic rings. The van der Waals surface area contributed by atoms with Gasteiger partial charge in [0.15, 0.2) is 0 Å². The number of aryl methyl sites for hydroxylation is 1. The first-order valence-electron chi connectivity index (χ1n) is 11.3. The fourth-order valence-electron chi connectivity index (χ4n) is 4.09. The second-order valence-electron chi connectivity index (χ2n) is 8.45. The summed E-state index contributed by atoms with van der Waals surface area (Å²) in [5.41, 5.74) is -0.649. The van der Waals surface area contributed by atoms with Gasteiger partial charge in [-0.1, -0.05) is 31.2 Å². The molecule has 1 atom stereocenters. The van der Waals surface area contributed by atoms with Gasteiger partial charge < -0.3 is 19.2 Å². The number of benzene rings is 2. The molecule has 36 heavy (non-hydrogen) atoms. The number of alkyl halides is 3. The fourth-order valence-corrected chi connectivity index (χ4v) is 4.09. The lowest BCUT2D eigenvalue weighted by molar-refractivity contribution is -0.140. The van der Waals surface area contributed by atoms with Gasteiger partial charge in [-0.2, -0.15) is 13.2 Å². The van der Waals surface area contributed by atoms with Crippen LogP contribution in [0.4, 0.5) is 13.2 Å². The fraction of sp³-hybridized carbons (Fsp3) is 0.259. The molecule has 0 saturated carbocycles. The van der Waals surface area contributed by atoms with Crippen LogP contribution in [0, 0.1) is 6.92 Å². The molecule has 1 fully saturated rings. The summed E-state index contributed by atoms with van der Waals surface area (Å²) < 4.78 is 51.0. The van der Waals surface area contributed by atoms with Crippen molar-refractivity contribution in [2.24, 2.45) is 0 Å². The summed E-state index contributed by atoms with van der Waals surface area (Å²) in [4.78, 5) is 27.3. The monoisotopic (exact) mass is 499 g/mol. The Hall–Kier alpha value is -4.01. The summed E-state index contributed by atoms with van der Waals surface area (Å²) in [5, 5.41) is 11.2. The molecule has 4 rings (SSSR count). The summed E-state index contributed by atoms with van der Waals surface area (Å²) in [7, 11) is 0. The van der Waals surface area contributed by atoms with E-state index in [0.717, 1.165) is 23.5 Å². The topological polar surface area (TPSA) is 80.0 Å². The molecule has 1 aliphatic heterocycles. The highest BCUT2D eigenvalue weighted by atomic mass is 19.4. The standard InChI is InChI=1S/C27H24F3NO5/c1-3-12-35-20-9-5-7-18(14-20)24(32)22-23(21-11-10-16(2)36-21)31(26(34)25(22)33)15-17-6-4-8-19(13-17)27(28,29)30/h4-11,13-14,23,32H,3,12,15H2,1-2H3/b24-22-. The summed E-state index contributed by atoms with van der Waals surface area (Å²) in [6.45, 7) is 3.78. The van der Waals surface area contributed by atoms with Crippen molar-refractivity contribution in [1.82, 2.24) is 4.90 Å². The van der Waals surface area contributed by atoms with Crippen LogP contribution >= 0.6 is 0 Å². The number of amides is 1. The predicted octanol–water partition coefficient (Wildman–Crippen LogP) is 6.02. The third-order valence-corrected chi connectivity index (χ3v) is 5.76. The quantitative estimate of drug-likeness (QED) is 0.244. The number of Topliss-reactive ketones (excluding diaryl/α,β-unsaturated/α-hetero) is 1. The second kappa shape index (κ2) is 9.93. The lowest BCUT2D eigenvalue weighted by Crippen LogP contribution is -2.29. The second-order valence-corrected chi connectivity index (χ2v) is 8.45. The highest BCUT2D eigenvalue weighted by Gasteiger charge is 2.47. The molecular weight excluding hydrogens is 475 g/mol. The first-order valence-corrected chi connectivity index (χ1v) is 11.3. The number of hydrogen-bond acceptors (Lipinski definition) is 5. The molecule has 0 bridgehead atoms. The van der Waals surface area contributed by atoms with Crippen LogP contribution in [0.15, 0.2) is 70.7 Å². The maximum Gasteiger partial charge on any atom is 0.416 e. The van der Waals surface area contributed by atoms with E-state index in [1.54, 1.807) is 43.3 Å². The molecular formula is C27H24F3NO5.